The molecular formula is C31H34O7. The van der Waals surface area contributed by atoms with Crippen LogP contribution in [0.25, 0.3) is 5.57 Å². The summed E-state index contributed by atoms with van der Waals surface area (Å²) in [5, 5.41) is 34.0. The summed E-state index contributed by atoms with van der Waals surface area (Å²) in [5.41, 5.74) is -0.0545. The first-order chi connectivity index (χ1) is 17.5. The van der Waals surface area contributed by atoms with Crippen molar-refractivity contribution in [1.82, 2.24) is 0 Å². The van der Waals surface area contributed by atoms with Crippen molar-refractivity contribution in [3.8, 4) is 17.6 Å². The number of rotatable bonds is 2. The number of carbonyl (C=O) groups excluding carboxylic acids is 3. The van der Waals surface area contributed by atoms with Crippen molar-refractivity contribution >= 4 is 23.1 Å². The van der Waals surface area contributed by atoms with Crippen LogP contribution in [0, 0.1) is 28.1 Å². The van der Waals surface area contributed by atoms with Crippen molar-refractivity contribution in [2.24, 2.45) is 16.2 Å². The summed E-state index contributed by atoms with van der Waals surface area (Å²) in [6, 6.07) is 1.77. The number of hydrogen-bond donors (Lipinski definition) is 3. The minimum absolute atomic E-state index is 0.0457. The molecule has 0 bridgehead atoms. The van der Waals surface area contributed by atoms with Gasteiger partial charge in [0.05, 0.1) is 23.7 Å². The third kappa shape index (κ3) is 3.53. The highest BCUT2D eigenvalue weighted by molar-refractivity contribution is 6.23. The molecule has 1 aromatic carbocycles. The van der Waals surface area contributed by atoms with E-state index in [0.717, 1.165) is 11.1 Å². The number of hydrogen-bond acceptors (Lipinski definition) is 7. The molecule has 0 heterocycles. The minimum Gasteiger partial charge on any atom is -0.511 e. The second-order valence-electron chi connectivity index (χ2n) is 11.8. The third-order valence-electron chi connectivity index (χ3n) is 8.90. The lowest BCUT2D eigenvalue weighted by molar-refractivity contribution is -0.138. The number of allylic oxidation sites excluding steroid dienone is 5. The van der Waals surface area contributed by atoms with E-state index >= 15 is 0 Å². The molecule has 0 saturated heterocycles. The number of aliphatic hydroxyl groups is 2. The molecule has 0 amide bonds. The Morgan fingerprint density at radius 2 is 1.76 bits per heavy atom. The largest absolute Gasteiger partial charge is 0.511 e. The number of aromatic hydroxyl groups is 1. The Balaban J connectivity index is 2.03. The van der Waals surface area contributed by atoms with Crippen LogP contribution in [0.4, 0.5) is 0 Å². The number of carbonyl (C=O) groups is 3. The summed E-state index contributed by atoms with van der Waals surface area (Å²) >= 11 is 0. The number of ketones is 2. The van der Waals surface area contributed by atoms with Gasteiger partial charge in [0.2, 0.25) is 0 Å². The molecule has 3 aliphatic rings. The van der Waals surface area contributed by atoms with Gasteiger partial charge in [0.1, 0.15) is 17.3 Å². The number of Topliss-reactive ketones (excluding diaryl/α,β-unsaturated/α-hetero) is 2. The van der Waals surface area contributed by atoms with Crippen LogP contribution < -0.4 is 0 Å². The van der Waals surface area contributed by atoms with Gasteiger partial charge in [-0.3, -0.25) is 9.59 Å². The van der Waals surface area contributed by atoms with Crippen LogP contribution in [0.1, 0.15) is 82.6 Å². The van der Waals surface area contributed by atoms with Crippen molar-refractivity contribution in [3.05, 3.63) is 57.6 Å². The molecule has 0 aliphatic heterocycles. The van der Waals surface area contributed by atoms with Crippen molar-refractivity contribution in [3.63, 3.8) is 0 Å². The molecule has 7 nitrogen and oxygen atoms in total. The van der Waals surface area contributed by atoms with Crippen molar-refractivity contribution in [2.45, 2.75) is 66.7 Å². The van der Waals surface area contributed by atoms with E-state index in [0.29, 0.717) is 29.6 Å². The molecular weight excluding hydrogens is 484 g/mol. The molecule has 200 valence electrons. The van der Waals surface area contributed by atoms with Gasteiger partial charge in [0, 0.05) is 28.9 Å². The van der Waals surface area contributed by atoms with E-state index < -0.39 is 33.8 Å². The first-order valence-corrected chi connectivity index (χ1v) is 12.6. The van der Waals surface area contributed by atoms with Crippen molar-refractivity contribution < 1.29 is 34.4 Å². The lowest BCUT2D eigenvalue weighted by atomic mass is 9.44. The average molecular weight is 519 g/mol. The predicted octanol–water partition coefficient (Wildman–Crippen LogP) is 5.22. The SMILES string of the molecule is C=C1C2=C(O)[C@@]3(C)C(=O)C(C(C)=O)=C(O)C[C@@]3(C)C[C@@]2(C)Cc2c(C(C)C)cc(C#CC(=O)OC)c(O)c21. The molecule has 3 aliphatic carbocycles. The number of phenolic OH excluding ortho intramolecular Hbond substituents is 1. The standard InChI is InChI=1S/C31H34O7/c1-15(2)19-11-18(9-10-22(34)38-8)26(35)23-16(3)25-28(37)31(7)27(36)24(17(4)32)21(33)13-30(31,6)14-29(25,5)12-20(19)23/h11,15,33,35,37H,3,12-14H2,1-2,4-8H3/t29-,30+,31-/m1/s1. The Kier molecular flexibility index (Phi) is 6.18. The van der Waals surface area contributed by atoms with Gasteiger partial charge in [0.15, 0.2) is 11.6 Å². The molecule has 0 fully saturated rings. The highest BCUT2D eigenvalue weighted by Crippen LogP contribution is 2.67. The topological polar surface area (TPSA) is 121 Å². The van der Waals surface area contributed by atoms with E-state index in [-0.39, 0.29) is 40.7 Å². The maximum Gasteiger partial charge on any atom is 0.384 e. The highest BCUT2D eigenvalue weighted by atomic mass is 16.5. The fourth-order valence-electron chi connectivity index (χ4n) is 6.97. The molecule has 3 atom stereocenters. The Morgan fingerprint density at radius 1 is 1.13 bits per heavy atom. The fourth-order valence-corrected chi connectivity index (χ4v) is 6.97. The van der Waals surface area contributed by atoms with E-state index in [2.05, 4.69) is 23.2 Å². The Bertz CT molecular complexity index is 1460. The van der Waals surface area contributed by atoms with Gasteiger partial charge in [-0.1, -0.05) is 40.2 Å². The summed E-state index contributed by atoms with van der Waals surface area (Å²) in [7, 11) is 1.22. The number of benzene rings is 1. The lowest BCUT2D eigenvalue weighted by Crippen LogP contribution is -2.57. The molecule has 7 heteroatoms. The molecule has 38 heavy (non-hydrogen) atoms. The second-order valence-corrected chi connectivity index (χ2v) is 11.8. The maximum atomic E-state index is 13.7. The molecule has 4 rings (SSSR count). The first-order valence-electron chi connectivity index (χ1n) is 12.6. The monoisotopic (exact) mass is 518 g/mol. The zero-order valence-corrected chi connectivity index (χ0v) is 23.0. The van der Waals surface area contributed by atoms with Gasteiger partial charge < -0.3 is 20.1 Å². The average Bonchev–Trinajstić information content (AvgIpc) is 2.79. The van der Waals surface area contributed by atoms with Gasteiger partial charge in [-0.25, -0.2) is 4.79 Å². The number of methoxy groups -OCH3 is 1. The molecule has 0 radical (unpaired) electrons. The summed E-state index contributed by atoms with van der Waals surface area (Å²) in [6.07, 6.45) is 0.939. The Labute approximate surface area is 222 Å². The quantitative estimate of drug-likeness (QED) is 0.279. The molecule has 0 spiro atoms. The van der Waals surface area contributed by atoms with E-state index in [9.17, 15) is 29.7 Å². The number of fused-ring (bicyclic) bond motifs is 3. The minimum atomic E-state index is -1.48. The van der Waals surface area contributed by atoms with Crippen LogP contribution in [0.5, 0.6) is 5.75 Å². The Morgan fingerprint density at radius 3 is 2.32 bits per heavy atom. The van der Waals surface area contributed by atoms with Crippen LogP contribution in [0.2, 0.25) is 0 Å². The van der Waals surface area contributed by atoms with Crippen LogP contribution in [0.15, 0.2) is 35.3 Å². The third-order valence-corrected chi connectivity index (χ3v) is 8.90. The number of esters is 1. The summed E-state index contributed by atoms with van der Waals surface area (Å²) in [4.78, 5) is 37.7. The zero-order chi connectivity index (χ0) is 28.5. The van der Waals surface area contributed by atoms with Gasteiger partial charge in [-0.2, -0.15) is 0 Å². The first kappa shape index (κ1) is 27.3. The highest BCUT2D eigenvalue weighted by Gasteiger charge is 2.65. The summed E-state index contributed by atoms with van der Waals surface area (Å²) in [6.45, 7) is 15.0. The van der Waals surface area contributed by atoms with Gasteiger partial charge in [-0.15, -0.1) is 0 Å². The number of phenols is 1. The summed E-state index contributed by atoms with van der Waals surface area (Å²) in [5.74, 6) is 2.57. The lowest BCUT2D eigenvalue weighted by Gasteiger charge is -2.58. The smallest absolute Gasteiger partial charge is 0.384 e. The van der Waals surface area contributed by atoms with Crippen LogP contribution in [0.3, 0.4) is 0 Å². The second kappa shape index (κ2) is 8.62. The molecule has 0 aromatic heterocycles. The van der Waals surface area contributed by atoms with E-state index in [1.54, 1.807) is 13.0 Å². The molecule has 0 unspecified atom stereocenters. The van der Waals surface area contributed by atoms with E-state index in [1.165, 1.54) is 14.0 Å². The Hall–Kier alpha value is -3.79. The number of aliphatic hydroxyl groups excluding tert-OH is 2. The van der Waals surface area contributed by atoms with Crippen LogP contribution >= 0.6 is 0 Å². The maximum absolute atomic E-state index is 13.7. The van der Waals surface area contributed by atoms with Crippen molar-refractivity contribution in [1.29, 1.82) is 0 Å². The zero-order valence-electron chi connectivity index (χ0n) is 23.0. The number of ether oxygens (including phenoxy) is 1. The van der Waals surface area contributed by atoms with Crippen LogP contribution in [-0.2, 0) is 25.5 Å². The van der Waals surface area contributed by atoms with Crippen molar-refractivity contribution in [2.75, 3.05) is 7.11 Å². The predicted molar refractivity (Wildman–Crippen MR) is 142 cm³/mol. The molecule has 0 saturated carbocycles. The van der Waals surface area contributed by atoms with Gasteiger partial charge in [-0.05, 0) is 60.8 Å². The van der Waals surface area contributed by atoms with Gasteiger partial charge >= 0.3 is 5.97 Å². The van der Waals surface area contributed by atoms with E-state index in [4.69, 9.17) is 0 Å². The fraction of sp³-hybridized carbons (Fsp3) is 0.452. The van der Waals surface area contributed by atoms with Crippen LogP contribution in [-0.4, -0.2) is 40.0 Å². The summed E-state index contributed by atoms with van der Waals surface area (Å²) < 4.78 is 4.61. The van der Waals surface area contributed by atoms with Gasteiger partial charge in [0.25, 0.3) is 0 Å². The molecule has 1 aromatic rings. The molecule has 3 N–H and O–H groups in total. The van der Waals surface area contributed by atoms with E-state index in [1.807, 2.05) is 27.7 Å². The normalized spacial score (nSPS) is 28.3.